The van der Waals surface area contributed by atoms with Gasteiger partial charge >= 0.3 is 0 Å². The molecule has 4 atom stereocenters. The Morgan fingerprint density at radius 1 is 1.14 bits per heavy atom. The van der Waals surface area contributed by atoms with E-state index in [4.69, 9.17) is 4.74 Å². The van der Waals surface area contributed by atoms with Crippen LogP contribution in [0, 0.1) is 11.3 Å². The van der Waals surface area contributed by atoms with Gasteiger partial charge in [0.25, 0.3) is 0 Å². The summed E-state index contributed by atoms with van der Waals surface area (Å²) in [5.74, 6) is 0. The molecule has 0 spiro atoms. The zero-order valence-corrected chi connectivity index (χ0v) is 12.9. The summed E-state index contributed by atoms with van der Waals surface area (Å²) in [6.45, 7) is 1.95. The number of rotatable bonds is 3. The number of nitriles is 1. The van der Waals surface area contributed by atoms with Gasteiger partial charge in [-0.3, -0.25) is 10.2 Å². The summed E-state index contributed by atoms with van der Waals surface area (Å²) in [6.07, 6.45) is 11.4. The van der Waals surface area contributed by atoms with Crippen LogP contribution in [0.2, 0.25) is 0 Å². The average Bonchev–Trinajstić information content (AvgIpc) is 3.24. The molecule has 4 rings (SSSR count). The predicted octanol–water partition coefficient (Wildman–Crippen LogP) is 2.20. The van der Waals surface area contributed by atoms with Crippen LogP contribution in [0.25, 0.3) is 0 Å². The molecule has 116 valence electrons. The molecule has 0 radical (unpaired) electrons. The fraction of sp³-hybridized carbons (Fsp3) is 0.941. The van der Waals surface area contributed by atoms with Crippen molar-refractivity contribution >= 4 is 0 Å². The van der Waals surface area contributed by atoms with E-state index >= 15 is 0 Å². The van der Waals surface area contributed by atoms with E-state index in [1.165, 1.54) is 44.9 Å². The number of hydrogen-bond acceptors (Lipinski definition) is 4. The number of morpholine rings is 1. The molecule has 1 aliphatic heterocycles. The van der Waals surface area contributed by atoms with E-state index in [1.807, 2.05) is 0 Å². The van der Waals surface area contributed by atoms with Gasteiger partial charge in [-0.1, -0.05) is 12.8 Å². The fourth-order valence-electron chi connectivity index (χ4n) is 4.77. The second kappa shape index (κ2) is 5.53. The van der Waals surface area contributed by atoms with Crippen LogP contribution in [0.3, 0.4) is 0 Å². The first-order valence-electron chi connectivity index (χ1n) is 8.86. The Balaban J connectivity index is 1.45. The zero-order valence-electron chi connectivity index (χ0n) is 12.9. The SMILES string of the molecule is N#CC1(NC2CC2)CCC(N2CCOC3CCCCC32)C1. The van der Waals surface area contributed by atoms with E-state index in [0.29, 0.717) is 24.2 Å². The van der Waals surface area contributed by atoms with Crippen molar-refractivity contribution in [2.24, 2.45) is 0 Å². The highest BCUT2D eigenvalue weighted by Gasteiger charge is 2.47. The second-order valence-corrected chi connectivity index (χ2v) is 7.51. The van der Waals surface area contributed by atoms with Crippen molar-refractivity contribution in [2.45, 2.75) is 87.6 Å². The maximum atomic E-state index is 9.69. The molecular weight excluding hydrogens is 262 g/mol. The number of ether oxygens (including phenoxy) is 1. The third kappa shape index (κ3) is 2.72. The van der Waals surface area contributed by atoms with Crippen LogP contribution in [-0.4, -0.2) is 47.8 Å². The highest BCUT2D eigenvalue weighted by atomic mass is 16.5. The summed E-state index contributed by atoms with van der Waals surface area (Å²) in [5.41, 5.74) is -0.242. The molecule has 0 aromatic heterocycles. The summed E-state index contributed by atoms with van der Waals surface area (Å²) in [4.78, 5) is 2.71. The quantitative estimate of drug-likeness (QED) is 0.865. The molecule has 1 N–H and O–H groups in total. The maximum Gasteiger partial charge on any atom is 0.108 e. The molecule has 0 bridgehead atoms. The normalized spacial score (nSPS) is 44.2. The Bertz CT molecular complexity index is 428. The minimum absolute atomic E-state index is 0.242. The molecule has 4 fully saturated rings. The topological polar surface area (TPSA) is 48.3 Å². The smallest absolute Gasteiger partial charge is 0.108 e. The lowest BCUT2D eigenvalue weighted by atomic mass is 9.88. The van der Waals surface area contributed by atoms with Gasteiger partial charge in [0.05, 0.1) is 18.8 Å². The van der Waals surface area contributed by atoms with Crippen LogP contribution in [0.4, 0.5) is 0 Å². The van der Waals surface area contributed by atoms with Gasteiger partial charge in [-0.05, 0) is 44.9 Å². The van der Waals surface area contributed by atoms with Gasteiger partial charge in [0.15, 0.2) is 0 Å². The molecule has 4 heteroatoms. The van der Waals surface area contributed by atoms with Crippen LogP contribution >= 0.6 is 0 Å². The van der Waals surface area contributed by atoms with Crippen molar-refractivity contribution in [3.05, 3.63) is 0 Å². The molecular formula is C17H27N3O. The maximum absolute atomic E-state index is 9.69. The molecule has 0 amide bonds. The van der Waals surface area contributed by atoms with Gasteiger partial charge in [0, 0.05) is 24.7 Å². The first-order valence-corrected chi connectivity index (χ1v) is 8.86. The summed E-state index contributed by atoms with van der Waals surface area (Å²) in [5, 5.41) is 13.3. The number of nitrogens with one attached hydrogen (secondary N) is 1. The summed E-state index contributed by atoms with van der Waals surface area (Å²) < 4.78 is 6.00. The van der Waals surface area contributed by atoms with Crippen molar-refractivity contribution in [1.82, 2.24) is 10.2 Å². The largest absolute Gasteiger partial charge is 0.375 e. The molecule has 4 nitrogen and oxygen atoms in total. The van der Waals surface area contributed by atoms with Crippen LogP contribution in [0.1, 0.15) is 57.8 Å². The lowest BCUT2D eigenvalue weighted by Gasteiger charge is -2.46. The van der Waals surface area contributed by atoms with Gasteiger partial charge < -0.3 is 4.74 Å². The Morgan fingerprint density at radius 2 is 2.00 bits per heavy atom. The van der Waals surface area contributed by atoms with Gasteiger partial charge in [-0.15, -0.1) is 0 Å². The van der Waals surface area contributed by atoms with E-state index in [9.17, 15) is 5.26 Å². The lowest BCUT2D eigenvalue weighted by molar-refractivity contribution is -0.102. The Kier molecular flexibility index (Phi) is 3.69. The molecule has 0 aromatic carbocycles. The minimum atomic E-state index is -0.242. The molecule has 1 saturated heterocycles. The Morgan fingerprint density at radius 3 is 2.81 bits per heavy atom. The molecule has 4 unspecified atom stereocenters. The van der Waals surface area contributed by atoms with Crippen LogP contribution < -0.4 is 5.32 Å². The number of fused-ring (bicyclic) bond motifs is 1. The molecule has 3 saturated carbocycles. The third-order valence-electron chi connectivity index (χ3n) is 6.00. The predicted molar refractivity (Wildman–Crippen MR) is 80.8 cm³/mol. The number of nitrogens with zero attached hydrogens (tertiary/aromatic N) is 2. The van der Waals surface area contributed by atoms with E-state index < -0.39 is 0 Å². The first kappa shape index (κ1) is 14.0. The van der Waals surface area contributed by atoms with Crippen molar-refractivity contribution < 1.29 is 4.74 Å². The van der Waals surface area contributed by atoms with E-state index in [0.717, 1.165) is 26.0 Å². The minimum Gasteiger partial charge on any atom is -0.375 e. The van der Waals surface area contributed by atoms with Gasteiger partial charge in [-0.2, -0.15) is 5.26 Å². The number of hydrogen-bond donors (Lipinski definition) is 1. The van der Waals surface area contributed by atoms with Crippen LogP contribution in [0.5, 0.6) is 0 Å². The molecule has 4 aliphatic rings. The molecule has 1 heterocycles. The van der Waals surface area contributed by atoms with Gasteiger partial charge in [0.1, 0.15) is 5.54 Å². The Hall–Kier alpha value is -0.630. The van der Waals surface area contributed by atoms with Gasteiger partial charge in [0.2, 0.25) is 0 Å². The monoisotopic (exact) mass is 289 g/mol. The summed E-state index contributed by atoms with van der Waals surface area (Å²) >= 11 is 0. The zero-order chi connectivity index (χ0) is 14.3. The standard InChI is InChI=1S/C17H27N3O/c18-12-17(19-13-5-6-13)8-7-14(11-17)20-9-10-21-16-4-2-1-3-15(16)20/h13-16,19H,1-11H2. The van der Waals surface area contributed by atoms with Crippen molar-refractivity contribution in [1.29, 1.82) is 5.26 Å². The summed E-state index contributed by atoms with van der Waals surface area (Å²) in [6, 6.07) is 4.45. The summed E-state index contributed by atoms with van der Waals surface area (Å²) in [7, 11) is 0. The lowest BCUT2D eigenvalue weighted by Crippen LogP contribution is -2.56. The molecule has 0 aromatic rings. The average molecular weight is 289 g/mol. The Labute approximate surface area is 127 Å². The van der Waals surface area contributed by atoms with E-state index in [1.54, 1.807) is 0 Å². The highest BCUT2D eigenvalue weighted by molar-refractivity contribution is 5.16. The second-order valence-electron chi connectivity index (χ2n) is 7.51. The molecule has 21 heavy (non-hydrogen) atoms. The fourth-order valence-corrected chi connectivity index (χ4v) is 4.77. The van der Waals surface area contributed by atoms with Crippen molar-refractivity contribution in [3.63, 3.8) is 0 Å². The van der Waals surface area contributed by atoms with Crippen LogP contribution in [0.15, 0.2) is 0 Å². The van der Waals surface area contributed by atoms with Crippen molar-refractivity contribution in [2.75, 3.05) is 13.2 Å². The van der Waals surface area contributed by atoms with Gasteiger partial charge in [-0.25, -0.2) is 0 Å². The third-order valence-corrected chi connectivity index (χ3v) is 6.00. The highest BCUT2D eigenvalue weighted by Crippen LogP contribution is 2.39. The van der Waals surface area contributed by atoms with E-state index in [-0.39, 0.29) is 5.54 Å². The molecule has 3 aliphatic carbocycles. The van der Waals surface area contributed by atoms with Crippen molar-refractivity contribution in [3.8, 4) is 6.07 Å². The van der Waals surface area contributed by atoms with Crippen LogP contribution in [-0.2, 0) is 4.74 Å². The first-order chi connectivity index (χ1) is 10.3. The van der Waals surface area contributed by atoms with E-state index in [2.05, 4.69) is 16.3 Å².